The first-order valence-corrected chi connectivity index (χ1v) is 8.87. The molecule has 19 heavy (non-hydrogen) atoms. The van der Waals surface area contributed by atoms with Gasteiger partial charge in [-0.15, -0.1) is 0 Å². The smallest absolute Gasteiger partial charge is 0.246 e. The van der Waals surface area contributed by atoms with Gasteiger partial charge in [-0.25, -0.2) is 21.6 Å². The van der Waals surface area contributed by atoms with Gasteiger partial charge in [0.1, 0.15) is 4.90 Å². The van der Waals surface area contributed by atoms with Gasteiger partial charge >= 0.3 is 0 Å². The van der Waals surface area contributed by atoms with Crippen LogP contribution in [-0.4, -0.2) is 43.7 Å². The van der Waals surface area contributed by atoms with Gasteiger partial charge in [-0.3, -0.25) is 4.68 Å². The lowest BCUT2D eigenvalue weighted by Gasteiger charge is -2.23. The van der Waals surface area contributed by atoms with Gasteiger partial charge in [-0.2, -0.15) is 5.10 Å². The molecule has 108 valence electrons. The predicted octanol–water partition coefficient (Wildman–Crippen LogP) is -1.14. The molecule has 1 aromatic rings. The van der Waals surface area contributed by atoms with Crippen LogP contribution in [0.25, 0.3) is 0 Å². The SMILES string of the molecule is Cn1cc(S(=O)(=O)NC2(C)CCS(=O)(=O)C2)c(N)n1. The topological polar surface area (TPSA) is 124 Å². The van der Waals surface area contributed by atoms with Crippen LogP contribution >= 0.6 is 0 Å². The van der Waals surface area contributed by atoms with Crippen molar-refractivity contribution in [3.8, 4) is 0 Å². The van der Waals surface area contributed by atoms with Crippen LogP contribution in [0.15, 0.2) is 11.1 Å². The molecule has 1 atom stereocenters. The monoisotopic (exact) mass is 308 g/mol. The molecule has 0 radical (unpaired) electrons. The highest BCUT2D eigenvalue weighted by Crippen LogP contribution is 2.26. The minimum atomic E-state index is -3.88. The number of sulfonamides is 1. The molecule has 1 fully saturated rings. The summed E-state index contributed by atoms with van der Waals surface area (Å²) in [7, 11) is -5.52. The molecule has 0 saturated carbocycles. The van der Waals surface area contributed by atoms with Crippen molar-refractivity contribution >= 4 is 25.7 Å². The van der Waals surface area contributed by atoms with Crippen molar-refractivity contribution in [2.24, 2.45) is 7.05 Å². The van der Waals surface area contributed by atoms with E-state index in [1.54, 1.807) is 14.0 Å². The third-order valence-electron chi connectivity index (χ3n) is 3.00. The van der Waals surface area contributed by atoms with Gasteiger partial charge in [0.25, 0.3) is 0 Å². The van der Waals surface area contributed by atoms with E-state index in [0.29, 0.717) is 0 Å². The fourth-order valence-corrected chi connectivity index (χ4v) is 5.89. The van der Waals surface area contributed by atoms with Crippen LogP contribution in [0.2, 0.25) is 0 Å². The standard InChI is InChI=1S/C9H16N4O4S2/c1-9(3-4-18(14,15)6-9)12-19(16,17)7-5-13(2)11-8(7)10/h5,12H,3-4,6H2,1-2H3,(H2,10,11). The van der Waals surface area contributed by atoms with Crippen molar-refractivity contribution in [3.63, 3.8) is 0 Å². The van der Waals surface area contributed by atoms with Crippen molar-refractivity contribution in [3.05, 3.63) is 6.20 Å². The number of nitrogens with two attached hydrogens (primary N) is 1. The molecule has 1 aromatic heterocycles. The molecular weight excluding hydrogens is 292 g/mol. The van der Waals surface area contributed by atoms with Gasteiger partial charge in [0, 0.05) is 18.8 Å². The highest BCUT2D eigenvalue weighted by molar-refractivity contribution is 7.92. The zero-order valence-electron chi connectivity index (χ0n) is 10.6. The number of aryl methyl sites for hydroxylation is 1. The Balaban J connectivity index is 2.31. The maximum absolute atomic E-state index is 12.2. The molecule has 3 N–H and O–H groups in total. The molecule has 0 aromatic carbocycles. The lowest BCUT2D eigenvalue weighted by atomic mass is 10.0. The van der Waals surface area contributed by atoms with E-state index in [9.17, 15) is 16.8 Å². The Bertz CT molecular complexity index is 707. The largest absolute Gasteiger partial charge is 0.381 e. The van der Waals surface area contributed by atoms with Gasteiger partial charge in [-0.1, -0.05) is 0 Å². The van der Waals surface area contributed by atoms with Crippen LogP contribution in [0.4, 0.5) is 5.82 Å². The summed E-state index contributed by atoms with van der Waals surface area (Å²) in [4.78, 5) is -0.138. The molecule has 1 aliphatic rings. The van der Waals surface area contributed by atoms with Crippen LogP contribution in [-0.2, 0) is 26.9 Å². The van der Waals surface area contributed by atoms with E-state index in [4.69, 9.17) is 5.73 Å². The zero-order valence-corrected chi connectivity index (χ0v) is 12.3. The van der Waals surface area contributed by atoms with E-state index < -0.39 is 25.4 Å². The zero-order chi connectivity index (χ0) is 14.5. The molecule has 1 aliphatic heterocycles. The van der Waals surface area contributed by atoms with Crippen LogP contribution in [0, 0.1) is 0 Å². The first-order chi connectivity index (χ1) is 8.53. The minimum Gasteiger partial charge on any atom is -0.381 e. The summed E-state index contributed by atoms with van der Waals surface area (Å²) >= 11 is 0. The predicted molar refractivity (Wildman–Crippen MR) is 69.6 cm³/mol. The summed E-state index contributed by atoms with van der Waals surface area (Å²) in [5.74, 6) is -0.340. The second-order valence-electron chi connectivity index (χ2n) is 5.06. The Morgan fingerprint density at radius 2 is 2.16 bits per heavy atom. The summed E-state index contributed by atoms with van der Waals surface area (Å²) in [6.07, 6.45) is 1.53. The molecule has 0 spiro atoms. The van der Waals surface area contributed by atoms with Crippen molar-refractivity contribution < 1.29 is 16.8 Å². The van der Waals surface area contributed by atoms with Gasteiger partial charge in [0.05, 0.1) is 11.5 Å². The Morgan fingerprint density at radius 3 is 2.58 bits per heavy atom. The molecule has 1 saturated heterocycles. The third-order valence-corrected chi connectivity index (χ3v) is 6.55. The number of nitrogen functional groups attached to an aromatic ring is 1. The fourth-order valence-electron chi connectivity index (χ4n) is 2.16. The molecule has 0 bridgehead atoms. The van der Waals surface area contributed by atoms with E-state index >= 15 is 0 Å². The average molecular weight is 308 g/mol. The first kappa shape index (κ1) is 14.3. The molecule has 8 nitrogen and oxygen atoms in total. The number of nitrogens with zero attached hydrogens (tertiary/aromatic N) is 2. The number of anilines is 1. The number of sulfone groups is 1. The Kier molecular flexibility index (Phi) is 3.14. The van der Waals surface area contributed by atoms with Crippen molar-refractivity contribution in [2.75, 3.05) is 17.2 Å². The van der Waals surface area contributed by atoms with Crippen LogP contribution < -0.4 is 10.5 Å². The van der Waals surface area contributed by atoms with E-state index in [0.717, 1.165) is 0 Å². The van der Waals surface area contributed by atoms with E-state index in [-0.39, 0.29) is 28.6 Å². The average Bonchev–Trinajstić information content (AvgIpc) is 2.66. The highest BCUT2D eigenvalue weighted by atomic mass is 32.2. The summed E-state index contributed by atoms with van der Waals surface area (Å²) in [6.45, 7) is 1.57. The molecule has 0 aliphatic carbocycles. The second-order valence-corrected chi connectivity index (χ2v) is 8.90. The minimum absolute atomic E-state index is 0.0193. The number of nitrogens with one attached hydrogen (secondary N) is 1. The third kappa shape index (κ3) is 2.90. The molecule has 0 amide bonds. The number of hydrogen-bond donors (Lipinski definition) is 2. The lowest BCUT2D eigenvalue weighted by Crippen LogP contribution is -2.46. The molecular formula is C9H16N4O4S2. The Hall–Kier alpha value is -1.13. The maximum Gasteiger partial charge on any atom is 0.246 e. The van der Waals surface area contributed by atoms with Crippen molar-refractivity contribution in [1.29, 1.82) is 0 Å². The van der Waals surface area contributed by atoms with E-state index in [2.05, 4.69) is 9.82 Å². The highest BCUT2D eigenvalue weighted by Gasteiger charge is 2.42. The van der Waals surface area contributed by atoms with Gasteiger partial charge in [0.15, 0.2) is 15.7 Å². The van der Waals surface area contributed by atoms with Crippen LogP contribution in [0.3, 0.4) is 0 Å². The summed E-state index contributed by atoms with van der Waals surface area (Å²) in [6, 6.07) is 0. The van der Waals surface area contributed by atoms with Crippen LogP contribution in [0.5, 0.6) is 0 Å². The summed E-state index contributed by atoms with van der Waals surface area (Å²) in [5.41, 5.74) is 4.53. The van der Waals surface area contributed by atoms with Gasteiger partial charge < -0.3 is 5.73 Å². The van der Waals surface area contributed by atoms with Gasteiger partial charge in [0.2, 0.25) is 10.0 Å². The molecule has 1 unspecified atom stereocenters. The second kappa shape index (κ2) is 4.18. The lowest BCUT2D eigenvalue weighted by molar-refractivity contribution is 0.462. The van der Waals surface area contributed by atoms with E-state index in [1.165, 1.54) is 10.9 Å². The normalized spacial score (nSPS) is 26.6. The fraction of sp³-hybridized carbons (Fsp3) is 0.667. The molecule has 2 heterocycles. The number of hydrogen-bond acceptors (Lipinski definition) is 6. The van der Waals surface area contributed by atoms with Gasteiger partial charge in [-0.05, 0) is 13.3 Å². The first-order valence-electron chi connectivity index (χ1n) is 5.57. The molecule has 2 rings (SSSR count). The Morgan fingerprint density at radius 1 is 1.53 bits per heavy atom. The maximum atomic E-state index is 12.2. The number of rotatable bonds is 3. The summed E-state index contributed by atoms with van der Waals surface area (Å²) in [5, 5.41) is 3.76. The Labute approximate surface area is 111 Å². The van der Waals surface area contributed by atoms with Crippen molar-refractivity contribution in [2.45, 2.75) is 23.8 Å². The van der Waals surface area contributed by atoms with Crippen LogP contribution in [0.1, 0.15) is 13.3 Å². The van der Waals surface area contributed by atoms with E-state index in [1.807, 2.05) is 0 Å². The summed E-state index contributed by atoms with van der Waals surface area (Å²) < 4.78 is 51.0. The number of aromatic nitrogens is 2. The molecule has 10 heteroatoms. The van der Waals surface area contributed by atoms with Crippen molar-refractivity contribution in [1.82, 2.24) is 14.5 Å². The quantitative estimate of drug-likeness (QED) is 0.727.